The molecular weight excluding hydrogens is 228 g/mol. The molecule has 0 aromatic rings. The molecule has 3 nitrogen and oxygen atoms in total. The maximum atomic E-state index is 10.5. The van der Waals surface area contributed by atoms with Gasteiger partial charge < -0.3 is 10.2 Å². The molecule has 1 aliphatic carbocycles. The number of carboxylic acids is 1. The van der Waals surface area contributed by atoms with Crippen molar-refractivity contribution in [3.8, 4) is 0 Å². The summed E-state index contributed by atoms with van der Waals surface area (Å²) in [6, 6.07) is 0. The molecule has 0 aliphatic heterocycles. The molecule has 0 saturated heterocycles. The summed E-state index contributed by atoms with van der Waals surface area (Å²) in [5.41, 5.74) is 1.53. The van der Waals surface area contributed by atoms with Gasteiger partial charge in [-0.3, -0.25) is 0 Å². The fourth-order valence-corrected chi connectivity index (χ4v) is 2.46. The van der Waals surface area contributed by atoms with Crippen molar-refractivity contribution in [2.75, 3.05) is 0 Å². The number of aliphatic hydroxyl groups excluding tert-OH is 1. The molecule has 0 spiro atoms. The van der Waals surface area contributed by atoms with Gasteiger partial charge in [0.15, 0.2) is 0 Å². The Morgan fingerprint density at radius 1 is 1.50 bits per heavy atom. The summed E-state index contributed by atoms with van der Waals surface area (Å²) >= 11 is 0. The minimum absolute atomic E-state index is 0.0818. The lowest BCUT2D eigenvalue weighted by Gasteiger charge is -2.42. The number of rotatable bonds is 3. The zero-order valence-electron chi connectivity index (χ0n) is 11.3. The van der Waals surface area contributed by atoms with Crippen molar-refractivity contribution in [2.45, 2.75) is 39.7 Å². The average molecular weight is 250 g/mol. The van der Waals surface area contributed by atoms with E-state index >= 15 is 0 Å². The number of carboxylic acid groups (broad SMARTS) is 1. The Kier molecular flexibility index (Phi) is 4.52. The molecule has 18 heavy (non-hydrogen) atoms. The van der Waals surface area contributed by atoms with Gasteiger partial charge in [0.05, 0.1) is 6.10 Å². The third kappa shape index (κ3) is 3.33. The van der Waals surface area contributed by atoms with Gasteiger partial charge in [-0.25, -0.2) is 4.79 Å². The highest BCUT2D eigenvalue weighted by atomic mass is 16.4. The lowest BCUT2D eigenvalue weighted by molar-refractivity contribution is -0.131. The highest BCUT2D eigenvalue weighted by Gasteiger charge is 2.39. The number of aliphatic carboxylic acids is 1. The van der Waals surface area contributed by atoms with Crippen molar-refractivity contribution in [1.82, 2.24) is 0 Å². The van der Waals surface area contributed by atoms with Gasteiger partial charge in [-0.05, 0) is 25.3 Å². The molecular formula is C15H22O3. The van der Waals surface area contributed by atoms with Crippen molar-refractivity contribution >= 4 is 5.97 Å². The van der Waals surface area contributed by atoms with E-state index in [-0.39, 0.29) is 17.4 Å². The van der Waals surface area contributed by atoms with Gasteiger partial charge in [-0.1, -0.05) is 38.2 Å². The molecule has 1 saturated carbocycles. The molecule has 0 radical (unpaired) electrons. The van der Waals surface area contributed by atoms with Crippen LogP contribution in [0.1, 0.15) is 33.6 Å². The van der Waals surface area contributed by atoms with E-state index in [1.807, 2.05) is 19.9 Å². The molecule has 0 amide bonds. The first-order chi connectivity index (χ1) is 8.25. The van der Waals surface area contributed by atoms with Gasteiger partial charge in [0.1, 0.15) is 0 Å². The smallest absolute Gasteiger partial charge is 0.328 e. The summed E-state index contributed by atoms with van der Waals surface area (Å²) in [4.78, 5) is 10.5. The highest BCUT2D eigenvalue weighted by molar-refractivity contribution is 5.81. The minimum atomic E-state index is -0.945. The van der Waals surface area contributed by atoms with Crippen molar-refractivity contribution < 1.29 is 15.0 Å². The zero-order chi connectivity index (χ0) is 13.9. The Labute approximate surface area is 109 Å². The van der Waals surface area contributed by atoms with E-state index in [4.69, 9.17) is 5.11 Å². The molecule has 1 rings (SSSR count). The van der Waals surface area contributed by atoms with Crippen LogP contribution >= 0.6 is 0 Å². The Morgan fingerprint density at radius 2 is 2.11 bits per heavy atom. The Bertz CT molecular complexity index is 402. The molecule has 2 N–H and O–H groups in total. The van der Waals surface area contributed by atoms with Gasteiger partial charge >= 0.3 is 5.97 Å². The minimum Gasteiger partial charge on any atom is -0.478 e. The second-order valence-electron chi connectivity index (χ2n) is 5.60. The zero-order valence-corrected chi connectivity index (χ0v) is 11.3. The van der Waals surface area contributed by atoms with Crippen LogP contribution in [0.25, 0.3) is 0 Å². The molecule has 0 unspecified atom stereocenters. The van der Waals surface area contributed by atoms with Crippen LogP contribution in [0, 0.1) is 11.3 Å². The van der Waals surface area contributed by atoms with Gasteiger partial charge in [0, 0.05) is 17.4 Å². The van der Waals surface area contributed by atoms with Crippen molar-refractivity contribution in [3.63, 3.8) is 0 Å². The number of carbonyl (C=O) groups is 1. The summed E-state index contributed by atoms with van der Waals surface area (Å²) < 4.78 is 0. The molecule has 3 heteroatoms. The van der Waals surface area contributed by atoms with E-state index in [9.17, 15) is 9.90 Å². The van der Waals surface area contributed by atoms with Gasteiger partial charge in [0.2, 0.25) is 0 Å². The lowest BCUT2D eigenvalue weighted by Crippen LogP contribution is -2.40. The molecule has 0 heterocycles. The summed E-state index contributed by atoms with van der Waals surface area (Å²) in [6.07, 6.45) is 6.15. The molecule has 1 aliphatic rings. The fraction of sp³-hybridized carbons (Fsp3) is 0.533. The van der Waals surface area contributed by atoms with Crippen LogP contribution in [0.4, 0.5) is 0 Å². The molecule has 0 aromatic heterocycles. The normalized spacial score (nSPS) is 28.7. The third-order valence-electron chi connectivity index (χ3n) is 3.74. The summed E-state index contributed by atoms with van der Waals surface area (Å²) in [7, 11) is 0. The summed E-state index contributed by atoms with van der Waals surface area (Å²) in [5.74, 6) is -0.864. The molecule has 1 fully saturated rings. The number of hydrogen-bond acceptors (Lipinski definition) is 2. The van der Waals surface area contributed by atoms with E-state index in [0.717, 1.165) is 18.4 Å². The van der Waals surface area contributed by atoms with Crippen LogP contribution in [0.15, 0.2) is 36.0 Å². The van der Waals surface area contributed by atoms with E-state index in [1.165, 1.54) is 6.08 Å². The van der Waals surface area contributed by atoms with E-state index in [2.05, 4.69) is 6.58 Å². The van der Waals surface area contributed by atoms with Crippen molar-refractivity contribution in [1.29, 1.82) is 0 Å². The fourth-order valence-electron chi connectivity index (χ4n) is 2.46. The first-order valence-electron chi connectivity index (χ1n) is 6.20. The largest absolute Gasteiger partial charge is 0.478 e. The van der Waals surface area contributed by atoms with Crippen LogP contribution in [-0.4, -0.2) is 22.3 Å². The molecule has 0 bridgehead atoms. The first-order valence-corrected chi connectivity index (χ1v) is 6.20. The molecule has 100 valence electrons. The van der Waals surface area contributed by atoms with Crippen LogP contribution < -0.4 is 0 Å². The summed E-state index contributed by atoms with van der Waals surface area (Å²) in [5, 5.41) is 18.7. The van der Waals surface area contributed by atoms with Crippen LogP contribution in [0.2, 0.25) is 0 Å². The monoisotopic (exact) mass is 250 g/mol. The Balaban J connectivity index is 2.90. The van der Waals surface area contributed by atoms with Crippen LogP contribution in [-0.2, 0) is 4.79 Å². The second kappa shape index (κ2) is 5.53. The highest BCUT2D eigenvalue weighted by Crippen LogP contribution is 2.44. The van der Waals surface area contributed by atoms with Gasteiger partial charge in [-0.2, -0.15) is 0 Å². The van der Waals surface area contributed by atoms with Crippen LogP contribution in [0.3, 0.4) is 0 Å². The van der Waals surface area contributed by atoms with E-state index in [1.54, 1.807) is 13.0 Å². The predicted molar refractivity (Wildman–Crippen MR) is 72.2 cm³/mol. The SMILES string of the molecule is C=C1CC[C@@H](O)C(C)(C)[C@H]1/C=C/C(C)=C/C(=O)O. The lowest BCUT2D eigenvalue weighted by atomic mass is 9.65. The van der Waals surface area contributed by atoms with Crippen molar-refractivity contribution in [3.05, 3.63) is 36.0 Å². The number of aliphatic hydroxyl groups is 1. The van der Waals surface area contributed by atoms with E-state index in [0.29, 0.717) is 5.57 Å². The maximum absolute atomic E-state index is 10.5. The topological polar surface area (TPSA) is 57.5 Å². The van der Waals surface area contributed by atoms with Gasteiger partial charge in [0.25, 0.3) is 0 Å². The van der Waals surface area contributed by atoms with Crippen LogP contribution in [0.5, 0.6) is 0 Å². The van der Waals surface area contributed by atoms with Crippen molar-refractivity contribution in [2.24, 2.45) is 11.3 Å². The first kappa shape index (κ1) is 14.7. The number of hydrogen-bond donors (Lipinski definition) is 2. The number of allylic oxidation sites excluding steroid dienone is 4. The quantitative estimate of drug-likeness (QED) is 0.460. The second-order valence-corrected chi connectivity index (χ2v) is 5.60. The molecule has 0 aromatic carbocycles. The standard InChI is InChI=1S/C15H22O3/c1-10(9-14(17)18)5-7-12-11(2)6-8-13(16)15(12,3)4/h5,7,9,12-13,16H,2,6,8H2,1,3-4H3,(H,17,18)/b7-5+,10-9+/t12-,13+/m0/s1. The Hall–Kier alpha value is -1.35. The summed E-state index contributed by atoms with van der Waals surface area (Å²) in [6.45, 7) is 9.86. The van der Waals surface area contributed by atoms with E-state index < -0.39 is 5.97 Å². The maximum Gasteiger partial charge on any atom is 0.328 e. The molecule has 2 atom stereocenters. The van der Waals surface area contributed by atoms with Gasteiger partial charge in [-0.15, -0.1) is 0 Å². The predicted octanol–water partition coefficient (Wildman–Crippen LogP) is 2.93. The third-order valence-corrected chi connectivity index (χ3v) is 3.74. The average Bonchev–Trinajstić information content (AvgIpc) is 2.22. The Morgan fingerprint density at radius 3 is 2.67 bits per heavy atom.